The average molecular weight is 489 g/mol. The van der Waals surface area contributed by atoms with Gasteiger partial charge >= 0.3 is 0 Å². The average Bonchev–Trinajstić information content (AvgIpc) is 2.78. The smallest absolute Gasteiger partial charge is 0.255 e. The van der Waals surface area contributed by atoms with E-state index in [9.17, 15) is 4.79 Å². The second kappa shape index (κ2) is 13.9. The molecule has 2 aromatic carbocycles. The Hall–Kier alpha value is -2.73. The molecule has 2 aromatic rings. The maximum absolute atomic E-state index is 12.9. The van der Waals surface area contributed by atoms with E-state index in [4.69, 9.17) is 31.2 Å². The van der Waals surface area contributed by atoms with Crippen LogP contribution < -0.4 is 9.47 Å². The molecule has 0 saturated carbocycles. The Morgan fingerprint density at radius 3 is 2.00 bits per heavy atom. The van der Waals surface area contributed by atoms with Crippen LogP contribution in [-0.4, -0.2) is 48.6 Å². The molecule has 7 heteroatoms. The molecule has 0 aliphatic rings. The molecule has 0 heterocycles. The number of ether oxygens (including phenoxy) is 3. The zero-order valence-corrected chi connectivity index (χ0v) is 21.7. The van der Waals surface area contributed by atoms with Crippen LogP contribution >= 0.6 is 11.6 Å². The van der Waals surface area contributed by atoms with E-state index in [2.05, 4.69) is 0 Å². The molecular formula is C27H37ClN2O4. The molecule has 1 amide bonds. The van der Waals surface area contributed by atoms with Gasteiger partial charge in [-0.1, -0.05) is 11.6 Å². The molecule has 186 valence electrons. The lowest BCUT2D eigenvalue weighted by Gasteiger charge is -2.31. The lowest BCUT2D eigenvalue weighted by atomic mass is 10.1. The van der Waals surface area contributed by atoms with Gasteiger partial charge in [0.1, 0.15) is 11.5 Å². The summed E-state index contributed by atoms with van der Waals surface area (Å²) < 4.78 is 16.8. The van der Waals surface area contributed by atoms with Crippen LogP contribution in [0.25, 0.3) is 0 Å². The molecule has 6 nitrogen and oxygen atoms in total. The SMILES string of the molecule is CCOC(=N)c1ccc(OCCCCCOc2ccc(C(=O)N(C(C)C)C(C)C)c(Cl)c2)cc1. The molecule has 1 N–H and O–H groups in total. The zero-order chi connectivity index (χ0) is 25.1. The molecule has 2 rings (SSSR count). The Bertz CT molecular complexity index is 921. The van der Waals surface area contributed by atoms with Crippen LogP contribution in [0.3, 0.4) is 0 Å². The van der Waals surface area contributed by atoms with E-state index in [0.29, 0.717) is 36.2 Å². The molecular weight excluding hydrogens is 452 g/mol. The van der Waals surface area contributed by atoms with Gasteiger partial charge in [0.25, 0.3) is 5.91 Å². The van der Waals surface area contributed by atoms with E-state index in [0.717, 1.165) is 30.6 Å². The number of unbranched alkanes of at least 4 members (excludes halogenated alkanes) is 2. The molecule has 0 bridgehead atoms. The van der Waals surface area contributed by atoms with E-state index >= 15 is 0 Å². The Kier molecular flexibility index (Phi) is 11.2. The maximum Gasteiger partial charge on any atom is 0.255 e. The first-order valence-electron chi connectivity index (χ1n) is 11.9. The van der Waals surface area contributed by atoms with Gasteiger partial charge in [-0.05, 0) is 96.3 Å². The molecule has 0 unspecified atom stereocenters. The zero-order valence-electron chi connectivity index (χ0n) is 20.9. The highest BCUT2D eigenvalue weighted by Crippen LogP contribution is 2.25. The van der Waals surface area contributed by atoms with Crippen molar-refractivity contribution in [3.63, 3.8) is 0 Å². The van der Waals surface area contributed by atoms with Gasteiger partial charge in [0.15, 0.2) is 0 Å². The van der Waals surface area contributed by atoms with Gasteiger partial charge in [-0.25, -0.2) is 0 Å². The summed E-state index contributed by atoms with van der Waals surface area (Å²) in [7, 11) is 0. The minimum absolute atomic E-state index is 0.0660. The summed E-state index contributed by atoms with van der Waals surface area (Å²) in [6.45, 7) is 11.5. The molecule has 0 atom stereocenters. The number of carbonyl (C=O) groups is 1. The summed E-state index contributed by atoms with van der Waals surface area (Å²) in [5.41, 5.74) is 1.23. The molecule has 0 saturated heterocycles. The third kappa shape index (κ3) is 8.24. The number of benzene rings is 2. The molecule has 0 spiro atoms. The molecule has 0 fully saturated rings. The number of halogens is 1. The van der Waals surface area contributed by atoms with Crippen molar-refractivity contribution in [3.05, 3.63) is 58.6 Å². The summed E-state index contributed by atoms with van der Waals surface area (Å²) in [4.78, 5) is 14.7. The molecule has 34 heavy (non-hydrogen) atoms. The van der Waals surface area contributed by atoms with Gasteiger partial charge in [-0.3, -0.25) is 10.2 Å². The predicted octanol–water partition coefficient (Wildman–Crippen LogP) is 6.59. The van der Waals surface area contributed by atoms with Crippen molar-refractivity contribution < 1.29 is 19.0 Å². The fourth-order valence-corrected chi connectivity index (χ4v) is 3.91. The van der Waals surface area contributed by atoms with E-state index in [1.165, 1.54) is 0 Å². The van der Waals surface area contributed by atoms with Crippen LogP contribution in [0.5, 0.6) is 11.5 Å². The third-order valence-electron chi connectivity index (χ3n) is 5.25. The van der Waals surface area contributed by atoms with Gasteiger partial charge in [0, 0.05) is 17.6 Å². The predicted molar refractivity (Wildman–Crippen MR) is 138 cm³/mol. The van der Waals surface area contributed by atoms with Crippen LogP contribution in [0.15, 0.2) is 42.5 Å². The van der Waals surface area contributed by atoms with Crippen LogP contribution in [0.4, 0.5) is 0 Å². The summed E-state index contributed by atoms with van der Waals surface area (Å²) in [6.07, 6.45) is 2.77. The van der Waals surface area contributed by atoms with Gasteiger partial charge in [0.05, 0.1) is 30.4 Å². The van der Waals surface area contributed by atoms with Crippen molar-refractivity contribution in [3.8, 4) is 11.5 Å². The number of amides is 1. The maximum atomic E-state index is 12.9. The fraction of sp³-hybridized carbons (Fsp3) is 0.481. The minimum atomic E-state index is -0.0660. The second-order valence-electron chi connectivity index (χ2n) is 8.59. The first-order valence-corrected chi connectivity index (χ1v) is 12.3. The van der Waals surface area contributed by atoms with Gasteiger partial charge in [-0.2, -0.15) is 0 Å². The van der Waals surface area contributed by atoms with Crippen molar-refractivity contribution >= 4 is 23.4 Å². The molecule has 0 radical (unpaired) electrons. The summed E-state index contributed by atoms with van der Waals surface area (Å²) in [6, 6.07) is 12.8. The third-order valence-corrected chi connectivity index (χ3v) is 5.56. The molecule has 0 aliphatic carbocycles. The molecule has 0 aromatic heterocycles. The number of nitrogens with one attached hydrogen (secondary N) is 1. The lowest BCUT2D eigenvalue weighted by molar-refractivity contribution is 0.0644. The molecule has 0 aliphatic heterocycles. The number of hydrogen-bond acceptors (Lipinski definition) is 5. The van der Waals surface area contributed by atoms with Crippen molar-refractivity contribution in [2.24, 2.45) is 0 Å². The van der Waals surface area contributed by atoms with E-state index in [-0.39, 0.29) is 23.9 Å². The highest BCUT2D eigenvalue weighted by atomic mass is 35.5. The first-order chi connectivity index (χ1) is 16.2. The van der Waals surface area contributed by atoms with E-state index in [1.807, 2.05) is 63.8 Å². The van der Waals surface area contributed by atoms with Crippen LogP contribution in [0.1, 0.15) is 69.8 Å². The number of rotatable bonds is 13. The topological polar surface area (TPSA) is 71.9 Å². The number of hydrogen-bond donors (Lipinski definition) is 1. The van der Waals surface area contributed by atoms with Crippen molar-refractivity contribution in [1.29, 1.82) is 5.41 Å². The summed E-state index contributed by atoms with van der Waals surface area (Å²) >= 11 is 6.40. The van der Waals surface area contributed by atoms with E-state index < -0.39 is 0 Å². The Labute approximate surface area is 208 Å². The Morgan fingerprint density at radius 1 is 0.912 bits per heavy atom. The monoisotopic (exact) mass is 488 g/mol. The summed E-state index contributed by atoms with van der Waals surface area (Å²) in [5, 5.41) is 8.19. The number of carbonyl (C=O) groups excluding carboxylic acids is 1. The Balaban J connectivity index is 1.71. The van der Waals surface area contributed by atoms with Crippen molar-refractivity contribution in [2.45, 2.75) is 66.0 Å². The van der Waals surface area contributed by atoms with Gasteiger partial charge < -0.3 is 19.1 Å². The second-order valence-corrected chi connectivity index (χ2v) is 8.99. The van der Waals surface area contributed by atoms with Crippen LogP contribution in [0.2, 0.25) is 5.02 Å². The normalized spacial score (nSPS) is 10.9. The fourth-order valence-electron chi connectivity index (χ4n) is 3.65. The van der Waals surface area contributed by atoms with E-state index in [1.54, 1.807) is 18.2 Å². The quantitative estimate of drug-likeness (QED) is 0.196. The van der Waals surface area contributed by atoms with Crippen LogP contribution in [0, 0.1) is 5.41 Å². The van der Waals surface area contributed by atoms with Gasteiger partial charge in [-0.15, -0.1) is 0 Å². The largest absolute Gasteiger partial charge is 0.494 e. The van der Waals surface area contributed by atoms with Crippen LogP contribution in [-0.2, 0) is 4.74 Å². The van der Waals surface area contributed by atoms with Crippen molar-refractivity contribution in [1.82, 2.24) is 4.90 Å². The standard InChI is InChI=1S/C27H37ClN2O4/c1-6-32-26(29)21-10-12-22(13-11-21)33-16-8-7-9-17-34-23-14-15-24(25(28)18-23)27(31)30(19(2)3)20(4)5/h10-15,18-20,29H,6-9,16-17H2,1-5H3. The lowest BCUT2D eigenvalue weighted by Crippen LogP contribution is -2.42. The Morgan fingerprint density at radius 2 is 1.47 bits per heavy atom. The highest BCUT2D eigenvalue weighted by Gasteiger charge is 2.23. The summed E-state index contributed by atoms with van der Waals surface area (Å²) in [5.74, 6) is 1.55. The van der Waals surface area contributed by atoms with Crippen molar-refractivity contribution in [2.75, 3.05) is 19.8 Å². The highest BCUT2D eigenvalue weighted by molar-refractivity contribution is 6.34. The number of nitrogens with zero attached hydrogens (tertiary/aromatic N) is 1. The van der Waals surface area contributed by atoms with Gasteiger partial charge in [0.2, 0.25) is 5.90 Å². The minimum Gasteiger partial charge on any atom is -0.494 e. The first kappa shape index (κ1) is 27.5.